The zero-order chi connectivity index (χ0) is 13.0. The molecule has 1 heteroatoms. The number of hydrogen-bond acceptors (Lipinski definition) is 1. The summed E-state index contributed by atoms with van der Waals surface area (Å²) in [4.78, 5) is 0. The van der Waals surface area contributed by atoms with Gasteiger partial charge in [0.1, 0.15) is 5.75 Å². The third-order valence-electron chi connectivity index (χ3n) is 5.50. The van der Waals surface area contributed by atoms with Gasteiger partial charge < -0.3 is 5.11 Å². The molecule has 98 valence electrons. The summed E-state index contributed by atoms with van der Waals surface area (Å²) in [6.07, 6.45) is 12.0. The van der Waals surface area contributed by atoms with Gasteiger partial charge in [-0.2, -0.15) is 0 Å². The van der Waals surface area contributed by atoms with Crippen LogP contribution in [0.25, 0.3) is 0 Å². The van der Waals surface area contributed by atoms with E-state index in [1.54, 1.807) is 5.57 Å². The van der Waals surface area contributed by atoms with E-state index in [2.05, 4.69) is 31.2 Å². The maximum atomic E-state index is 9.64. The molecule has 1 aromatic rings. The second-order valence-corrected chi connectivity index (χ2v) is 6.58. The first-order valence-electron chi connectivity index (χ1n) is 7.37. The lowest BCUT2D eigenvalue weighted by molar-refractivity contribution is 0.232. The molecule has 3 aliphatic rings. The van der Waals surface area contributed by atoms with Gasteiger partial charge in [-0.3, -0.25) is 0 Å². The van der Waals surface area contributed by atoms with Crippen molar-refractivity contribution in [3.63, 3.8) is 0 Å². The summed E-state index contributed by atoms with van der Waals surface area (Å²) in [5.74, 6) is 1.72. The summed E-state index contributed by atoms with van der Waals surface area (Å²) in [7, 11) is 0. The van der Waals surface area contributed by atoms with E-state index >= 15 is 0 Å². The maximum Gasteiger partial charge on any atom is 0.115 e. The molecule has 3 unspecified atom stereocenters. The summed E-state index contributed by atoms with van der Waals surface area (Å²) in [6, 6.07) is 5.94. The first-order chi connectivity index (χ1) is 9.17. The van der Waals surface area contributed by atoms with Gasteiger partial charge in [-0.1, -0.05) is 36.8 Å². The number of benzene rings is 1. The van der Waals surface area contributed by atoms with Crippen molar-refractivity contribution in [3.8, 4) is 5.75 Å². The largest absolute Gasteiger partial charge is 0.508 e. The van der Waals surface area contributed by atoms with Crippen molar-refractivity contribution in [2.24, 2.45) is 11.3 Å². The predicted molar refractivity (Wildman–Crippen MR) is 77.2 cm³/mol. The quantitative estimate of drug-likeness (QED) is 0.681. The van der Waals surface area contributed by atoms with Crippen LogP contribution in [-0.4, -0.2) is 5.11 Å². The molecule has 1 fully saturated rings. The van der Waals surface area contributed by atoms with Crippen molar-refractivity contribution in [2.45, 2.75) is 38.5 Å². The normalized spacial score (nSPS) is 35.3. The van der Waals surface area contributed by atoms with E-state index < -0.39 is 0 Å². The highest BCUT2D eigenvalue weighted by Gasteiger charge is 2.44. The van der Waals surface area contributed by atoms with Crippen LogP contribution in [0.1, 0.15) is 43.2 Å². The molecule has 19 heavy (non-hydrogen) atoms. The second-order valence-electron chi connectivity index (χ2n) is 6.58. The summed E-state index contributed by atoms with van der Waals surface area (Å²) in [5.41, 5.74) is 4.85. The molecule has 1 aromatic carbocycles. The van der Waals surface area contributed by atoms with E-state index in [0.29, 0.717) is 23.0 Å². The first-order valence-corrected chi connectivity index (χ1v) is 7.37. The molecule has 0 saturated heterocycles. The topological polar surface area (TPSA) is 20.2 Å². The smallest absolute Gasteiger partial charge is 0.115 e. The van der Waals surface area contributed by atoms with Crippen molar-refractivity contribution < 1.29 is 5.11 Å². The molecule has 0 amide bonds. The van der Waals surface area contributed by atoms with E-state index in [0.717, 1.165) is 6.42 Å². The molecular weight excluding hydrogens is 232 g/mol. The molecule has 0 bridgehead atoms. The number of fused-ring (bicyclic) bond motifs is 5. The summed E-state index contributed by atoms with van der Waals surface area (Å²) in [6.45, 7) is 2.42. The van der Waals surface area contributed by atoms with Gasteiger partial charge in [0, 0.05) is 5.92 Å². The zero-order valence-electron chi connectivity index (χ0n) is 11.4. The van der Waals surface area contributed by atoms with Crippen LogP contribution in [0.2, 0.25) is 0 Å². The van der Waals surface area contributed by atoms with Crippen LogP contribution in [0.15, 0.2) is 42.0 Å². The van der Waals surface area contributed by atoms with Gasteiger partial charge in [0.2, 0.25) is 0 Å². The number of phenols is 1. The Kier molecular flexibility index (Phi) is 2.24. The maximum absolute atomic E-state index is 9.64. The van der Waals surface area contributed by atoms with Gasteiger partial charge in [-0.05, 0) is 60.3 Å². The van der Waals surface area contributed by atoms with Crippen molar-refractivity contribution in [1.29, 1.82) is 0 Å². The molecule has 0 aromatic heterocycles. The minimum Gasteiger partial charge on any atom is -0.508 e. The standard InChI is InChI=1S/C18H20O/c1-18-9-2-3-17(18)16-6-4-12-11-13(19)5-7-14(12)15(16)8-10-18/h2,5-7,9,11,15,17,19H,3-4,8,10H2,1H3. The lowest BCUT2D eigenvalue weighted by Gasteiger charge is -2.44. The Bertz CT molecular complexity index is 596. The fraction of sp³-hybridized carbons (Fsp3) is 0.444. The van der Waals surface area contributed by atoms with E-state index in [4.69, 9.17) is 0 Å². The molecule has 3 aliphatic carbocycles. The molecule has 3 atom stereocenters. The summed E-state index contributed by atoms with van der Waals surface area (Å²) >= 11 is 0. The third-order valence-corrected chi connectivity index (χ3v) is 5.50. The Labute approximate surface area is 114 Å². The fourth-order valence-electron chi connectivity index (χ4n) is 4.45. The number of phenolic OH excluding ortho intramolecular Hbond substituents is 1. The van der Waals surface area contributed by atoms with Crippen LogP contribution >= 0.6 is 0 Å². The molecular formula is C18H20O. The van der Waals surface area contributed by atoms with Gasteiger partial charge in [-0.15, -0.1) is 0 Å². The van der Waals surface area contributed by atoms with Crippen LogP contribution in [0.4, 0.5) is 0 Å². The number of allylic oxidation sites excluding steroid dienone is 4. The predicted octanol–water partition coefficient (Wildman–Crippen LogP) is 4.33. The summed E-state index contributed by atoms with van der Waals surface area (Å²) in [5, 5.41) is 9.64. The minimum absolute atomic E-state index is 0.400. The number of aromatic hydroxyl groups is 1. The van der Waals surface area contributed by atoms with Crippen LogP contribution in [0.3, 0.4) is 0 Å². The molecule has 0 aliphatic heterocycles. The average molecular weight is 252 g/mol. The number of rotatable bonds is 0. The van der Waals surface area contributed by atoms with Crippen LogP contribution in [0, 0.1) is 11.3 Å². The Balaban J connectivity index is 1.77. The van der Waals surface area contributed by atoms with E-state index in [9.17, 15) is 5.11 Å². The molecule has 0 radical (unpaired) electrons. The van der Waals surface area contributed by atoms with Gasteiger partial charge in [0.05, 0.1) is 0 Å². The van der Waals surface area contributed by atoms with Crippen molar-refractivity contribution in [3.05, 3.63) is 53.1 Å². The van der Waals surface area contributed by atoms with Crippen LogP contribution in [0.5, 0.6) is 5.75 Å². The molecule has 4 rings (SSSR count). The van der Waals surface area contributed by atoms with E-state index in [1.807, 2.05) is 12.1 Å². The first kappa shape index (κ1) is 11.3. The number of hydrogen-bond donors (Lipinski definition) is 1. The Morgan fingerprint density at radius 1 is 1.32 bits per heavy atom. The van der Waals surface area contributed by atoms with Gasteiger partial charge in [0.15, 0.2) is 0 Å². The third kappa shape index (κ3) is 1.54. The van der Waals surface area contributed by atoms with Gasteiger partial charge in [-0.25, -0.2) is 0 Å². The zero-order valence-corrected chi connectivity index (χ0v) is 11.4. The highest BCUT2D eigenvalue weighted by molar-refractivity contribution is 5.47. The highest BCUT2D eigenvalue weighted by atomic mass is 16.3. The molecule has 0 spiro atoms. The Morgan fingerprint density at radius 3 is 3.11 bits per heavy atom. The van der Waals surface area contributed by atoms with Crippen LogP contribution < -0.4 is 0 Å². The fourth-order valence-corrected chi connectivity index (χ4v) is 4.45. The highest BCUT2D eigenvalue weighted by Crippen LogP contribution is 2.56. The van der Waals surface area contributed by atoms with Gasteiger partial charge >= 0.3 is 0 Å². The molecule has 1 nitrogen and oxygen atoms in total. The average Bonchev–Trinajstić information content (AvgIpc) is 2.79. The lowest BCUT2D eigenvalue weighted by Crippen LogP contribution is -2.33. The molecule has 1 saturated carbocycles. The summed E-state index contributed by atoms with van der Waals surface area (Å²) < 4.78 is 0. The van der Waals surface area contributed by atoms with Crippen molar-refractivity contribution in [2.75, 3.05) is 0 Å². The van der Waals surface area contributed by atoms with E-state index in [1.165, 1.54) is 30.4 Å². The van der Waals surface area contributed by atoms with Crippen molar-refractivity contribution >= 4 is 0 Å². The van der Waals surface area contributed by atoms with Crippen LogP contribution in [-0.2, 0) is 6.42 Å². The Morgan fingerprint density at radius 2 is 2.21 bits per heavy atom. The second kappa shape index (κ2) is 3.75. The Hall–Kier alpha value is -1.50. The van der Waals surface area contributed by atoms with Crippen molar-refractivity contribution in [1.82, 2.24) is 0 Å². The monoisotopic (exact) mass is 252 g/mol. The lowest BCUT2D eigenvalue weighted by atomic mass is 9.60. The minimum atomic E-state index is 0.400. The molecule has 0 heterocycles. The van der Waals surface area contributed by atoms with E-state index in [-0.39, 0.29) is 0 Å². The SMILES string of the molecule is CC12C=CCC1C1=CCc3cc(O)ccc3C1CC2. The molecule has 1 N–H and O–H groups in total. The van der Waals surface area contributed by atoms with Gasteiger partial charge in [0.25, 0.3) is 0 Å².